The molecule has 1 fully saturated rings. The topological polar surface area (TPSA) is 47.5 Å². The lowest BCUT2D eigenvalue weighted by Gasteiger charge is -2.27. The molecule has 3 N–H and O–H groups in total. The van der Waals surface area contributed by atoms with E-state index in [0.29, 0.717) is 6.54 Å². The summed E-state index contributed by atoms with van der Waals surface area (Å²) >= 11 is 3.25. The summed E-state index contributed by atoms with van der Waals surface area (Å²) in [5.74, 6) is -0.374. The Hall–Kier alpha value is -0.940. The summed E-state index contributed by atoms with van der Waals surface area (Å²) in [5.41, 5.74) is 6.02. The maximum Gasteiger partial charge on any atom is 0.220 e. The Bertz CT molecular complexity index is 445. The number of hydrogen-bond donors (Lipinski definition) is 2. The first-order valence-corrected chi connectivity index (χ1v) is 6.92. The highest BCUT2D eigenvalue weighted by atomic mass is 79.9. The SMILES string of the molecule is NC(=O)C1CC[NH+](Cc2ccc(Br)cc2F)CC1. The number of nitrogens with one attached hydrogen (secondary N) is 1. The Morgan fingerprint density at radius 1 is 1.44 bits per heavy atom. The van der Waals surface area contributed by atoms with Crippen molar-refractivity contribution in [3.05, 3.63) is 34.1 Å². The molecule has 18 heavy (non-hydrogen) atoms. The molecular weight excluding hydrogens is 299 g/mol. The zero-order valence-electron chi connectivity index (χ0n) is 10.1. The molecule has 0 aliphatic carbocycles. The molecule has 0 unspecified atom stereocenters. The molecule has 98 valence electrons. The van der Waals surface area contributed by atoms with Crippen molar-refractivity contribution < 1.29 is 14.1 Å². The van der Waals surface area contributed by atoms with Crippen LogP contribution in [0.2, 0.25) is 0 Å². The Morgan fingerprint density at radius 2 is 2.11 bits per heavy atom. The lowest BCUT2D eigenvalue weighted by molar-refractivity contribution is -0.919. The first kappa shape index (κ1) is 13.5. The molecule has 0 radical (unpaired) electrons. The van der Waals surface area contributed by atoms with E-state index in [1.807, 2.05) is 12.1 Å². The minimum absolute atomic E-state index is 0.00325. The first-order valence-electron chi connectivity index (χ1n) is 6.13. The van der Waals surface area contributed by atoms with Gasteiger partial charge in [-0.1, -0.05) is 15.9 Å². The fraction of sp³-hybridized carbons (Fsp3) is 0.462. The van der Waals surface area contributed by atoms with Crippen LogP contribution in [0.15, 0.2) is 22.7 Å². The van der Waals surface area contributed by atoms with Crippen LogP contribution in [-0.2, 0) is 11.3 Å². The zero-order valence-corrected chi connectivity index (χ0v) is 11.7. The van der Waals surface area contributed by atoms with Crippen LogP contribution in [0.25, 0.3) is 0 Å². The minimum atomic E-state index is -0.205. The average Bonchev–Trinajstić information content (AvgIpc) is 2.33. The first-order chi connectivity index (χ1) is 8.56. The van der Waals surface area contributed by atoms with Crippen LogP contribution < -0.4 is 10.6 Å². The predicted octanol–water partition coefficient (Wildman–Crippen LogP) is 0.868. The van der Waals surface area contributed by atoms with Gasteiger partial charge in [-0.25, -0.2) is 4.39 Å². The summed E-state index contributed by atoms with van der Waals surface area (Å²) in [5, 5.41) is 0. The molecule has 1 saturated heterocycles. The number of amides is 1. The lowest BCUT2D eigenvalue weighted by atomic mass is 9.96. The molecule has 0 saturated carbocycles. The smallest absolute Gasteiger partial charge is 0.220 e. The highest BCUT2D eigenvalue weighted by Gasteiger charge is 2.26. The van der Waals surface area contributed by atoms with Crippen molar-refractivity contribution in [2.75, 3.05) is 13.1 Å². The number of likely N-dealkylation sites (tertiary alicyclic amines) is 1. The van der Waals surface area contributed by atoms with Gasteiger partial charge >= 0.3 is 0 Å². The van der Waals surface area contributed by atoms with E-state index in [9.17, 15) is 9.18 Å². The normalized spacial score (nSPS) is 23.9. The zero-order chi connectivity index (χ0) is 13.1. The molecule has 0 bridgehead atoms. The second-order valence-corrected chi connectivity index (χ2v) is 5.75. The van der Waals surface area contributed by atoms with Gasteiger partial charge in [0.15, 0.2) is 0 Å². The standard InChI is InChI=1S/C13H16BrFN2O/c14-11-2-1-10(12(15)7-11)8-17-5-3-9(4-6-17)13(16)18/h1-2,7,9H,3-6,8H2,(H2,16,18)/p+1. The van der Waals surface area contributed by atoms with Crippen molar-refractivity contribution >= 4 is 21.8 Å². The van der Waals surface area contributed by atoms with Gasteiger partial charge in [0.05, 0.1) is 13.1 Å². The van der Waals surface area contributed by atoms with Crippen LogP contribution in [0, 0.1) is 11.7 Å². The molecule has 0 atom stereocenters. The van der Waals surface area contributed by atoms with Crippen LogP contribution in [-0.4, -0.2) is 19.0 Å². The van der Waals surface area contributed by atoms with E-state index in [1.54, 1.807) is 0 Å². The number of carbonyl (C=O) groups excluding carboxylic acids is 1. The molecule has 0 spiro atoms. The number of quaternary nitrogens is 1. The van der Waals surface area contributed by atoms with E-state index in [2.05, 4.69) is 15.9 Å². The van der Waals surface area contributed by atoms with Gasteiger partial charge in [-0.15, -0.1) is 0 Å². The minimum Gasteiger partial charge on any atom is -0.369 e. The Labute approximate surface area is 114 Å². The van der Waals surface area contributed by atoms with Crippen LogP contribution in [0.5, 0.6) is 0 Å². The third-order valence-corrected chi connectivity index (χ3v) is 4.04. The van der Waals surface area contributed by atoms with Gasteiger partial charge in [0.2, 0.25) is 5.91 Å². The van der Waals surface area contributed by atoms with E-state index in [1.165, 1.54) is 11.0 Å². The molecule has 0 aromatic heterocycles. The summed E-state index contributed by atoms with van der Waals surface area (Å²) < 4.78 is 14.4. The lowest BCUT2D eigenvalue weighted by Crippen LogP contribution is -3.11. The highest BCUT2D eigenvalue weighted by molar-refractivity contribution is 9.10. The maximum atomic E-state index is 13.7. The largest absolute Gasteiger partial charge is 0.369 e. The van der Waals surface area contributed by atoms with E-state index in [4.69, 9.17) is 5.73 Å². The Balaban J connectivity index is 1.93. The van der Waals surface area contributed by atoms with Gasteiger partial charge in [0.1, 0.15) is 12.4 Å². The molecule has 1 amide bonds. The molecule has 2 rings (SSSR count). The van der Waals surface area contributed by atoms with E-state index < -0.39 is 0 Å². The molecule has 5 heteroatoms. The van der Waals surface area contributed by atoms with Crippen LogP contribution >= 0.6 is 15.9 Å². The van der Waals surface area contributed by atoms with Gasteiger partial charge in [-0.3, -0.25) is 4.79 Å². The fourth-order valence-electron chi connectivity index (χ4n) is 2.42. The number of piperidine rings is 1. The highest BCUT2D eigenvalue weighted by Crippen LogP contribution is 2.15. The average molecular weight is 316 g/mol. The van der Waals surface area contributed by atoms with Crippen LogP contribution in [0.4, 0.5) is 4.39 Å². The van der Waals surface area contributed by atoms with Crippen molar-refractivity contribution in [1.29, 1.82) is 0 Å². The van der Waals surface area contributed by atoms with E-state index in [-0.39, 0.29) is 17.6 Å². The quantitative estimate of drug-likeness (QED) is 0.854. The number of benzene rings is 1. The molecular formula is C13H17BrFN2O+. The van der Waals surface area contributed by atoms with Crippen LogP contribution in [0.1, 0.15) is 18.4 Å². The van der Waals surface area contributed by atoms with Crippen molar-refractivity contribution in [1.82, 2.24) is 0 Å². The number of carbonyl (C=O) groups is 1. The number of primary amides is 1. The molecule has 1 aliphatic rings. The molecule has 1 aliphatic heterocycles. The summed E-state index contributed by atoms with van der Waals surface area (Å²) in [6, 6.07) is 5.16. The number of nitrogens with two attached hydrogens (primary N) is 1. The van der Waals surface area contributed by atoms with Crippen molar-refractivity contribution in [3.63, 3.8) is 0 Å². The fourth-order valence-corrected chi connectivity index (χ4v) is 2.75. The van der Waals surface area contributed by atoms with E-state index in [0.717, 1.165) is 36.0 Å². The monoisotopic (exact) mass is 315 g/mol. The van der Waals surface area contributed by atoms with Gasteiger partial charge in [0.25, 0.3) is 0 Å². The molecule has 1 heterocycles. The van der Waals surface area contributed by atoms with Crippen LogP contribution in [0.3, 0.4) is 0 Å². The summed E-state index contributed by atoms with van der Waals surface area (Å²) in [6.45, 7) is 2.43. The van der Waals surface area contributed by atoms with Crippen molar-refractivity contribution in [2.24, 2.45) is 11.7 Å². The van der Waals surface area contributed by atoms with Gasteiger partial charge in [0, 0.05) is 28.8 Å². The van der Waals surface area contributed by atoms with Gasteiger partial charge in [-0.2, -0.15) is 0 Å². The van der Waals surface area contributed by atoms with Crippen molar-refractivity contribution in [2.45, 2.75) is 19.4 Å². The summed E-state index contributed by atoms with van der Waals surface area (Å²) in [6.07, 6.45) is 1.62. The van der Waals surface area contributed by atoms with Gasteiger partial charge < -0.3 is 10.6 Å². The number of rotatable bonds is 3. The van der Waals surface area contributed by atoms with Crippen molar-refractivity contribution in [3.8, 4) is 0 Å². The summed E-state index contributed by atoms with van der Waals surface area (Å²) in [4.78, 5) is 12.4. The molecule has 1 aromatic carbocycles. The second-order valence-electron chi connectivity index (χ2n) is 4.84. The third-order valence-electron chi connectivity index (χ3n) is 3.55. The molecule has 1 aromatic rings. The summed E-state index contributed by atoms with van der Waals surface area (Å²) in [7, 11) is 0. The van der Waals surface area contributed by atoms with E-state index >= 15 is 0 Å². The number of halogens is 2. The Kier molecular flexibility index (Phi) is 4.35. The van der Waals surface area contributed by atoms with Gasteiger partial charge in [-0.05, 0) is 18.2 Å². The predicted molar refractivity (Wildman–Crippen MR) is 70.4 cm³/mol. The number of hydrogen-bond acceptors (Lipinski definition) is 1. The Morgan fingerprint density at radius 3 is 2.67 bits per heavy atom. The third kappa shape index (κ3) is 3.29. The maximum absolute atomic E-state index is 13.7. The second kappa shape index (κ2) is 5.80. The molecule has 3 nitrogen and oxygen atoms in total.